The first-order chi connectivity index (χ1) is 5.62. The molecule has 0 aromatic rings. The number of piperidine rings is 1. The second-order valence-corrected chi connectivity index (χ2v) is 4.30. The van der Waals surface area contributed by atoms with Crippen molar-refractivity contribution in [3.63, 3.8) is 0 Å². The fourth-order valence-electron chi connectivity index (χ4n) is 1.59. The van der Waals surface area contributed by atoms with Crippen LogP contribution < -0.4 is 5.32 Å². The Hall–Kier alpha value is -0.0800. The third-order valence-electron chi connectivity index (χ3n) is 2.44. The summed E-state index contributed by atoms with van der Waals surface area (Å²) in [5, 5.41) is 3.53. The highest BCUT2D eigenvalue weighted by Crippen LogP contribution is 2.19. The van der Waals surface area contributed by atoms with Crippen molar-refractivity contribution in [2.45, 2.75) is 51.7 Å². The minimum atomic E-state index is 0.239. The van der Waals surface area contributed by atoms with Crippen LogP contribution in [0.5, 0.6) is 0 Å². The van der Waals surface area contributed by atoms with Gasteiger partial charge in [-0.3, -0.25) is 0 Å². The smallest absolute Gasteiger partial charge is 0.0649 e. The van der Waals surface area contributed by atoms with Crippen LogP contribution in [-0.4, -0.2) is 24.8 Å². The molecule has 1 saturated heterocycles. The maximum atomic E-state index is 5.62. The molecule has 0 spiro atoms. The van der Waals surface area contributed by atoms with Gasteiger partial charge in [0.2, 0.25) is 0 Å². The van der Waals surface area contributed by atoms with Crippen molar-refractivity contribution in [3.8, 4) is 0 Å². The summed E-state index contributed by atoms with van der Waals surface area (Å²) in [6.07, 6.45) is 4.26. The topological polar surface area (TPSA) is 21.3 Å². The van der Waals surface area contributed by atoms with E-state index in [1.807, 2.05) is 0 Å². The molecule has 0 radical (unpaired) electrons. The molecule has 1 aliphatic rings. The summed E-state index contributed by atoms with van der Waals surface area (Å²) in [7, 11) is 0. The standard InChI is InChI=1S/C10H21NO/c1-9(2)12-8-10(3)6-4-5-7-11-10/h9,11H,4-8H2,1-3H3/t10-/m1/s1. The Kier molecular flexibility index (Phi) is 3.53. The predicted octanol–water partition coefficient (Wildman–Crippen LogP) is 1.94. The van der Waals surface area contributed by atoms with Gasteiger partial charge in [-0.1, -0.05) is 6.42 Å². The molecule has 1 fully saturated rings. The minimum absolute atomic E-state index is 0.239. The molecule has 0 aliphatic carbocycles. The van der Waals surface area contributed by atoms with E-state index < -0.39 is 0 Å². The van der Waals surface area contributed by atoms with Crippen molar-refractivity contribution in [3.05, 3.63) is 0 Å². The van der Waals surface area contributed by atoms with Crippen molar-refractivity contribution >= 4 is 0 Å². The molecule has 2 nitrogen and oxygen atoms in total. The molecule has 12 heavy (non-hydrogen) atoms. The Morgan fingerprint density at radius 1 is 1.42 bits per heavy atom. The van der Waals surface area contributed by atoms with Gasteiger partial charge in [-0.2, -0.15) is 0 Å². The van der Waals surface area contributed by atoms with Crippen LogP contribution in [0, 0.1) is 0 Å². The summed E-state index contributed by atoms with van der Waals surface area (Å²) in [6, 6.07) is 0. The summed E-state index contributed by atoms with van der Waals surface area (Å²) in [4.78, 5) is 0. The average Bonchev–Trinajstić information content (AvgIpc) is 2.03. The molecule has 1 rings (SSSR count). The van der Waals surface area contributed by atoms with Crippen LogP contribution in [0.3, 0.4) is 0 Å². The van der Waals surface area contributed by atoms with Crippen molar-refractivity contribution in [2.75, 3.05) is 13.2 Å². The first kappa shape index (κ1) is 10.0. The molecule has 0 aromatic carbocycles. The molecular weight excluding hydrogens is 150 g/mol. The van der Waals surface area contributed by atoms with E-state index in [2.05, 4.69) is 26.1 Å². The lowest BCUT2D eigenvalue weighted by atomic mass is 9.92. The van der Waals surface area contributed by atoms with Crippen LogP contribution in [0.15, 0.2) is 0 Å². The number of ether oxygens (including phenoxy) is 1. The second-order valence-electron chi connectivity index (χ2n) is 4.30. The van der Waals surface area contributed by atoms with E-state index >= 15 is 0 Å². The third kappa shape index (κ3) is 3.11. The molecule has 1 N–H and O–H groups in total. The zero-order valence-corrected chi connectivity index (χ0v) is 8.52. The van der Waals surface area contributed by atoms with Crippen molar-refractivity contribution in [1.82, 2.24) is 5.32 Å². The van der Waals surface area contributed by atoms with E-state index in [9.17, 15) is 0 Å². The van der Waals surface area contributed by atoms with Gasteiger partial charge in [-0.15, -0.1) is 0 Å². The maximum absolute atomic E-state index is 5.62. The highest BCUT2D eigenvalue weighted by molar-refractivity contribution is 4.86. The predicted molar refractivity (Wildman–Crippen MR) is 51.3 cm³/mol. The van der Waals surface area contributed by atoms with E-state index in [-0.39, 0.29) is 5.54 Å². The zero-order valence-electron chi connectivity index (χ0n) is 8.52. The summed E-state index contributed by atoms with van der Waals surface area (Å²) in [5.41, 5.74) is 0.239. The van der Waals surface area contributed by atoms with E-state index in [4.69, 9.17) is 4.74 Å². The quantitative estimate of drug-likeness (QED) is 0.700. The van der Waals surface area contributed by atoms with Gasteiger partial charge in [0.05, 0.1) is 12.7 Å². The monoisotopic (exact) mass is 171 g/mol. The lowest BCUT2D eigenvalue weighted by molar-refractivity contribution is 0.0243. The lowest BCUT2D eigenvalue weighted by Gasteiger charge is -2.35. The average molecular weight is 171 g/mol. The first-order valence-electron chi connectivity index (χ1n) is 4.99. The zero-order chi connectivity index (χ0) is 9.03. The SMILES string of the molecule is CC(C)OC[C@@]1(C)CCCCN1. The molecule has 1 heterocycles. The van der Waals surface area contributed by atoms with Gasteiger partial charge in [-0.05, 0) is 40.2 Å². The van der Waals surface area contributed by atoms with Crippen LogP contribution >= 0.6 is 0 Å². The molecule has 1 aliphatic heterocycles. The van der Waals surface area contributed by atoms with Gasteiger partial charge in [0.25, 0.3) is 0 Å². The van der Waals surface area contributed by atoms with Gasteiger partial charge < -0.3 is 10.1 Å². The summed E-state index contributed by atoms with van der Waals surface area (Å²) >= 11 is 0. The Bertz CT molecular complexity index is 128. The van der Waals surface area contributed by atoms with Gasteiger partial charge in [0.1, 0.15) is 0 Å². The van der Waals surface area contributed by atoms with Gasteiger partial charge in [0.15, 0.2) is 0 Å². The Morgan fingerprint density at radius 3 is 2.67 bits per heavy atom. The fraction of sp³-hybridized carbons (Fsp3) is 1.00. The van der Waals surface area contributed by atoms with Gasteiger partial charge >= 0.3 is 0 Å². The summed E-state index contributed by atoms with van der Waals surface area (Å²) in [5.74, 6) is 0. The first-order valence-corrected chi connectivity index (χ1v) is 4.99. The molecule has 1 atom stereocenters. The number of hydrogen-bond acceptors (Lipinski definition) is 2. The highest BCUT2D eigenvalue weighted by Gasteiger charge is 2.26. The minimum Gasteiger partial charge on any atom is -0.377 e. The Balaban J connectivity index is 2.26. The van der Waals surface area contributed by atoms with Gasteiger partial charge in [-0.25, -0.2) is 0 Å². The van der Waals surface area contributed by atoms with Crippen LogP contribution in [0.2, 0.25) is 0 Å². The molecule has 72 valence electrons. The molecular formula is C10H21NO. The fourth-order valence-corrected chi connectivity index (χ4v) is 1.59. The Morgan fingerprint density at radius 2 is 2.17 bits per heavy atom. The van der Waals surface area contributed by atoms with Crippen LogP contribution in [0.1, 0.15) is 40.0 Å². The van der Waals surface area contributed by atoms with E-state index in [0.717, 1.165) is 13.2 Å². The second kappa shape index (κ2) is 4.24. The lowest BCUT2D eigenvalue weighted by Crippen LogP contribution is -2.49. The summed E-state index contributed by atoms with van der Waals surface area (Å²) in [6.45, 7) is 8.44. The van der Waals surface area contributed by atoms with E-state index in [0.29, 0.717) is 6.10 Å². The van der Waals surface area contributed by atoms with Gasteiger partial charge in [0, 0.05) is 5.54 Å². The van der Waals surface area contributed by atoms with Crippen molar-refractivity contribution < 1.29 is 4.74 Å². The van der Waals surface area contributed by atoms with Crippen LogP contribution in [-0.2, 0) is 4.74 Å². The van der Waals surface area contributed by atoms with E-state index in [1.54, 1.807) is 0 Å². The molecule has 0 unspecified atom stereocenters. The van der Waals surface area contributed by atoms with Crippen molar-refractivity contribution in [2.24, 2.45) is 0 Å². The third-order valence-corrected chi connectivity index (χ3v) is 2.44. The molecule has 0 aromatic heterocycles. The molecule has 0 bridgehead atoms. The number of nitrogens with one attached hydrogen (secondary N) is 1. The largest absolute Gasteiger partial charge is 0.377 e. The van der Waals surface area contributed by atoms with E-state index in [1.165, 1.54) is 19.3 Å². The Labute approximate surface area is 75.7 Å². The summed E-state index contributed by atoms with van der Waals surface area (Å²) < 4.78 is 5.62. The number of hydrogen-bond donors (Lipinski definition) is 1. The molecule has 0 amide bonds. The maximum Gasteiger partial charge on any atom is 0.0649 e. The van der Waals surface area contributed by atoms with Crippen LogP contribution in [0.25, 0.3) is 0 Å². The highest BCUT2D eigenvalue weighted by atomic mass is 16.5. The van der Waals surface area contributed by atoms with Crippen LogP contribution in [0.4, 0.5) is 0 Å². The normalized spacial score (nSPS) is 31.0. The van der Waals surface area contributed by atoms with Crippen molar-refractivity contribution in [1.29, 1.82) is 0 Å². The molecule has 0 saturated carbocycles. The molecule has 2 heteroatoms. The number of rotatable bonds is 3.